The van der Waals surface area contributed by atoms with Crippen molar-refractivity contribution in [3.63, 3.8) is 0 Å². The zero-order valence-corrected chi connectivity index (χ0v) is 14.0. The van der Waals surface area contributed by atoms with Gasteiger partial charge in [-0.1, -0.05) is 12.1 Å². The van der Waals surface area contributed by atoms with Crippen molar-refractivity contribution in [2.24, 2.45) is 5.73 Å². The summed E-state index contributed by atoms with van der Waals surface area (Å²) in [5.74, 6) is 0.0836. The number of benzene rings is 1. The van der Waals surface area contributed by atoms with Crippen molar-refractivity contribution >= 4 is 11.9 Å². The number of esters is 1. The molecule has 5 nitrogen and oxygen atoms in total. The Morgan fingerprint density at radius 1 is 1.09 bits per heavy atom. The Labute approximate surface area is 132 Å². The first-order valence-corrected chi connectivity index (χ1v) is 7.57. The molecule has 1 amide bonds. The summed E-state index contributed by atoms with van der Waals surface area (Å²) >= 11 is 0. The summed E-state index contributed by atoms with van der Waals surface area (Å²) in [6.45, 7) is 9.29. The summed E-state index contributed by atoms with van der Waals surface area (Å²) in [6, 6.07) is 6.70. The Morgan fingerprint density at radius 2 is 1.59 bits per heavy atom. The Hall–Kier alpha value is -1.88. The smallest absolute Gasteiger partial charge is 0.308 e. The Kier molecular flexibility index (Phi) is 6.56. The van der Waals surface area contributed by atoms with Crippen LogP contribution in [0.5, 0.6) is 5.75 Å². The second-order valence-electron chi connectivity index (χ2n) is 5.98. The average Bonchev–Trinajstić information content (AvgIpc) is 2.39. The number of nitrogens with zero attached hydrogens (tertiary/aromatic N) is 1. The van der Waals surface area contributed by atoms with E-state index in [-0.39, 0.29) is 24.0 Å². The fraction of sp³-hybridized carbons (Fsp3) is 0.529. The van der Waals surface area contributed by atoms with Gasteiger partial charge in [-0.2, -0.15) is 0 Å². The maximum absolute atomic E-state index is 12.5. The van der Waals surface area contributed by atoms with E-state index in [9.17, 15) is 9.59 Å². The van der Waals surface area contributed by atoms with Gasteiger partial charge >= 0.3 is 5.97 Å². The lowest BCUT2D eigenvalue weighted by Crippen LogP contribution is -2.50. The highest BCUT2D eigenvalue weighted by molar-refractivity contribution is 5.82. The first-order valence-electron chi connectivity index (χ1n) is 7.57. The number of carbonyl (C=O) groups excluding carboxylic acids is 2. The molecule has 1 atom stereocenters. The predicted molar refractivity (Wildman–Crippen MR) is 86.5 cm³/mol. The van der Waals surface area contributed by atoms with Crippen LogP contribution in [0.3, 0.4) is 0 Å². The lowest BCUT2D eigenvalue weighted by Gasteiger charge is -2.33. The Morgan fingerprint density at radius 3 is 2.00 bits per heavy atom. The molecule has 1 aromatic carbocycles. The quantitative estimate of drug-likeness (QED) is 0.645. The highest BCUT2D eigenvalue weighted by Gasteiger charge is 2.25. The van der Waals surface area contributed by atoms with Crippen LogP contribution >= 0.6 is 0 Å². The van der Waals surface area contributed by atoms with E-state index in [0.717, 1.165) is 5.56 Å². The SMILES string of the molecule is CC(=O)Oc1ccc(C[C@H](N)C(=O)N(C(C)C)C(C)C)cc1. The van der Waals surface area contributed by atoms with Crippen LogP contribution in [0.15, 0.2) is 24.3 Å². The van der Waals surface area contributed by atoms with Crippen LogP contribution in [0.25, 0.3) is 0 Å². The molecule has 0 saturated heterocycles. The van der Waals surface area contributed by atoms with Crippen molar-refractivity contribution in [3.05, 3.63) is 29.8 Å². The minimum atomic E-state index is -0.579. The first-order chi connectivity index (χ1) is 10.2. The summed E-state index contributed by atoms with van der Waals surface area (Å²) < 4.78 is 4.98. The van der Waals surface area contributed by atoms with Gasteiger partial charge in [0.25, 0.3) is 0 Å². The molecule has 0 aliphatic rings. The van der Waals surface area contributed by atoms with Gasteiger partial charge in [-0.3, -0.25) is 9.59 Å². The number of amides is 1. The molecule has 2 N–H and O–H groups in total. The van der Waals surface area contributed by atoms with Gasteiger partial charge in [0, 0.05) is 19.0 Å². The fourth-order valence-electron chi connectivity index (χ4n) is 2.50. The molecule has 0 aromatic heterocycles. The third-order valence-corrected chi connectivity index (χ3v) is 3.32. The zero-order chi connectivity index (χ0) is 16.9. The normalized spacial score (nSPS) is 12.4. The van der Waals surface area contributed by atoms with Crippen molar-refractivity contribution in [2.75, 3.05) is 0 Å². The van der Waals surface area contributed by atoms with Crippen molar-refractivity contribution in [2.45, 2.75) is 59.2 Å². The van der Waals surface area contributed by atoms with Gasteiger partial charge in [-0.05, 0) is 51.8 Å². The number of hydrogen-bond donors (Lipinski definition) is 1. The van der Waals surface area contributed by atoms with E-state index in [0.29, 0.717) is 12.2 Å². The molecule has 0 aliphatic heterocycles. The molecule has 5 heteroatoms. The van der Waals surface area contributed by atoms with E-state index in [1.165, 1.54) is 6.92 Å². The largest absolute Gasteiger partial charge is 0.427 e. The maximum Gasteiger partial charge on any atom is 0.308 e. The number of hydrogen-bond acceptors (Lipinski definition) is 4. The van der Waals surface area contributed by atoms with Crippen LogP contribution in [0.1, 0.15) is 40.2 Å². The molecule has 0 spiro atoms. The number of ether oxygens (including phenoxy) is 1. The zero-order valence-electron chi connectivity index (χ0n) is 14.0. The monoisotopic (exact) mass is 306 g/mol. The number of nitrogens with two attached hydrogens (primary N) is 1. The number of rotatable bonds is 6. The molecule has 0 saturated carbocycles. The van der Waals surface area contributed by atoms with E-state index in [4.69, 9.17) is 10.5 Å². The van der Waals surface area contributed by atoms with Crippen molar-refractivity contribution in [1.29, 1.82) is 0 Å². The molecular formula is C17H26N2O3. The molecule has 0 heterocycles. The Bertz CT molecular complexity index is 501. The summed E-state index contributed by atoms with van der Waals surface area (Å²) in [5.41, 5.74) is 7.00. The van der Waals surface area contributed by atoms with Gasteiger partial charge in [-0.15, -0.1) is 0 Å². The highest BCUT2D eigenvalue weighted by Crippen LogP contribution is 2.15. The fourth-order valence-corrected chi connectivity index (χ4v) is 2.50. The van der Waals surface area contributed by atoms with Crippen LogP contribution in [0.4, 0.5) is 0 Å². The van der Waals surface area contributed by atoms with Crippen LogP contribution in [-0.4, -0.2) is 34.9 Å². The Balaban J connectivity index is 2.73. The van der Waals surface area contributed by atoms with E-state index in [1.807, 2.05) is 39.8 Å². The molecule has 0 radical (unpaired) electrons. The third-order valence-electron chi connectivity index (χ3n) is 3.32. The molecule has 1 rings (SSSR count). The average molecular weight is 306 g/mol. The van der Waals surface area contributed by atoms with Crippen molar-refractivity contribution in [1.82, 2.24) is 4.90 Å². The minimum absolute atomic E-state index is 0.0472. The predicted octanol–water partition coefficient (Wildman–Crippen LogP) is 2.13. The molecular weight excluding hydrogens is 280 g/mol. The lowest BCUT2D eigenvalue weighted by atomic mass is 10.0. The maximum atomic E-state index is 12.5. The van der Waals surface area contributed by atoms with Gasteiger partial charge in [0.1, 0.15) is 5.75 Å². The lowest BCUT2D eigenvalue weighted by molar-refractivity contribution is -0.136. The van der Waals surface area contributed by atoms with E-state index < -0.39 is 6.04 Å². The van der Waals surface area contributed by atoms with Crippen molar-refractivity contribution < 1.29 is 14.3 Å². The van der Waals surface area contributed by atoms with Crippen LogP contribution in [0.2, 0.25) is 0 Å². The van der Waals surface area contributed by atoms with Gasteiger partial charge in [0.15, 0.2) is 0 Å². The van der Waals surface area contributed by atoms with Gasteiger partial charge in [0.2, 0.25) is 5.91 Å². The van der Waals surface area contributed by atoms with E-state index in [2.05, 4.69) is 0 Å². The first kappa shape index (κ1) is 18.2. The minimum Gasteiger partial charge on any atom is -0.427 e. The molecule has 0 aliphatic carbocycles. The molecule has 0 bridgehead atoms. The summed E-state index contributed by atoms with van der Waals surface area (Å²) in [4.78, 5) is 25.2. The van der Waals surface area contributed by atoms with Crippen LogP contribution < -0.4 is 10.5 Å². The molecule has 0 unspecified atom stereocenters. The number of carbonyl (C=O) groups is 2. The summed E-state index contributed by atoms with van der Waals surface area (Å²) in [7, 11) is 0. The topological polar surface area (TPSA) is 72.6 Å². The molecule has 22 heavy (non-hydrogen) atoms. The van der Waals surface area contributed by atoms with Crippen LogP contribution in [-0.2, 0) is 16.0 Å². The van der Waals surface area contributed by atoms with Gasteiger partial charge < -0.3 is 15.4 Å². The van der Waals surface area contributed by atoms with Gasteiger partial charge in [0.05, 0.1) is 6.04 Å². The van der Waals surface area contributed by atoms with Crippen molar-refractivity contribution in [3.8, 4) is 5.75 Å². The second kappa shape index (κ2) is 7.94. The molecule has 1 aromatic rings. The summed E-state index contributed by atoms with van der Waals surface area (Å²) in [5, 5.41) is 0. The highest BCUT2D eigenvalue weighted by atomic mass is 16.5. The second-order valence-corrected chi connectivity index (χ2v) is 5.98. The standard InChI is InChI=1S/C17H26N2O3/c1-11(2)19(12(3)4)17(21)16(18)10-14-6-8-15(9-7-14)22-13(5)20/h6-9,11-12,16H,10,18H2,1-5H3/t16-/m0/s1. The molecule has 122 valence electrons. The summed E-state index contributed by atoms with van der Waals surface area (Å²) in [6.07, 6.45) is 0.453. The van der Waals surface area contributed by atoms with Crippen LogP contribution in [0, 0.1) is 0 Å². The van der Waals surface area contributed by atoms with E-state index in [1.54, 1.807) is 17.0 Å². The third kappa shape index (κ3) is 5.15. The molecule has 0 fully saturated rings. The van der Waals surface area contributed by atoms with Gasteiger partial charge in [-0.25, -0.2) is 0 Å². The van der Waals surface area contributed by atoms with E-state index >= 15 is 0 Å².